The first-order chi connectivity index (χ1) is 22.0. The summed E-state index contributed by atoms with van der Waals surface area (Å²) >= 11 is 0. The number of allylic oxidation sites excluding steroid dienone is 10. The Balaban J connectivity index is 0. The number of fused-ring (bicyclic) bond motifs is 4. The monoisotopic (exact) mass is 952 g/mol. The molecular weight excluding hydrogens is 913 g/mol. The van der Waals surface area contributed by atoms with E-state index < -0.39 is 0 Å². The van der Waals surface area contributed by atoms with Crippen LogP contribution in [0.5, 0.6) is 0 Å². The van der Waals surface area contributed by atoms with E-state index >= 15 is 0 Å². The van der Waals surface area contributed by atoms with E-state index in [-0.39, 0.29) is 119 Å². The number of benzene rings is 2. The SMILES string of the molecule is CC1=CC2=CC(C=[Si](C)C)=NC2=C1.CC1=CC2=NC(C=[Si](C)C)=CC2=C1.Cc1cc2ccccc2[cH-]1.Cc1cc2ccccc2[cH-]1.[Cl-].[Cl-].[Cl-].[Cl-].[Zr+4].[Zr+4]. The number of aryl methyl sites for hydroxylation is 2. The van der Waals surface area contributed by atoms with Gasteiger partial charge in [0.2, 0.25) is 0 Å². The van der Waals surface area contributed by atoms with Gasteiger partial charge in [0.25, 0.3) is 0 Å². The minimum atomic E-state index is -0.310. The zero-order valence-electron chi connectivity index (χ0n) is 31.0. The van der Waals surface area contributed by atoms with Gasteiger partial charge < -0.3 is 49.6 Å². The first kappa shape index (κ1) is 52.6. The third-order valence-corrected chi connectivity index (χ3v) is 9.34. The molecule has 0 atom stereocenters. The number of halogens is 4. The van der Waals surface area contributed by atoms with Crippen LogP contribution in [0.3, 0.4) is 0 Å². The van der Waals surface area contributed by atoms with E-state index in [1.54, 1.807) is 0 Å². The number of rotatable bonds is 2. The molecule has 2 heterocycles. The van der Waals surface area contributed by atoms with Gasteiger partial charge in [0.1, 0.15) is 0 Å². The molecule has 2 aliphatic carbocycles. The van der Waals surface area contributed by atoms with Crippen molar-refractivity contribution < 1.29 is 102 Å². The van der Waals surface area contributed by atoms with Gasteiger partial charge in [0.15, 0.2) is 0 Å². The molecular formula is C42H44Cl4N2Si2Zr2+2. The summed E-state index contributed by atoms with van der Waals surface area (Å²) in [6.45, 7) is 17.6. The Kier molecular flexibility index (Phi) is 25.2. The summed E-state index contributed by atoms with van der Waals surface area (Å²) in [5.41, 5.74) is 17.1. The van der Waals surface area contributed by atoms with Crippen LogP contribution in [0.25, 0.3) is 21.5 Å². The predicted molar refractivity (Wildman–Crippen MR) is 210 cm³/mol. The van der Waals surface area contributed by atoms with Crippen molar-refractivity contribution in [3.05, 3.63) is 154 Å². The third-order valence-electron chi connectivity index (χ3n) is 7.59. The number of aliphatic imine (C=N–C) groups is 2. The Hall–Kier alpha value is -1.46. The fourth-order valence-corrected chi connectivity index (χ4v) is 7.24. The Morgan fingerprint density at radius 3 is 1.50 bits per heavy atom. The van der Waals surface area contributed by atoms with E-state index in [4.69, 9.17) is 0 Å². The summed E-state index contributed by atoms with van der Waals surface area (Å²) in [5.74, 6) is 0. The molecule has 264 valence electrons. The average molecular weight is 957 g/mol. The van der Waals surface area contributed by atoms with Crippen molar-refractivity contribution in [1.82, 2.24) is 0 Å². The van der Waals surface area contributed by atoms with Crippen molar-refractivity contribution in [2.45, 2.75) is 53.9 Å². The molecule has 0 amide bonds. The van der Waals surface area contributed by atoms with Crippen LogP contribution in [-0.4, -0.2) is 39.6 Å². The van der Waals surface area contributed by atoms with Gasteiger partial charge in [-0.05, 0) is 61.4 Å². The fourth-order valence-electron chi connectivity index (χ4n) is 5.76. The Morgan fingerprint density at radius 2 is 1.04 bits per heavy atom. The van der Waals surface area contributed by atoms with Gasteiger partial charge in [0, 0.05) is 28.0 Å². The molecule has 4 aromatic rings. The van der Waals surface area contributed by atoms with E-state index in [1.807, 2.05) is 0 Å². The topological polar surface area (TPSA) is 24.7 Å². The summed E-state index contributed by atoms with van der Waals surface area (Å²) in [6, 6.07) is 25.7. The summed E-state index contributed by atoms with van der Waals surface area (Å²) in [4.78, 5) is 9.09. The van der Waals surface area contributed by atoms with Gasteiger partial charge in [-0.25, -0.2) is 9.98 Å². The van der Waals surface area contributed by atoms with Gasteiger partial charge in [-0.3, -0.25) is 0 Å². The second kappa shape index (κ2) is 24.8. The number of nitrogens with zero attached hydrogens (tertiary/aromatic N) is 2. The molecule has 0 radical (unpaired) electrons. The van der Waals surface area contributed by atoms with Crippen LogP contribution in [0.15, 0.2) is 153 Å². The molecule has 0 bridgehead atoms. The molecule has 0 saturated heterocycles. The van der Waals surface area contributed by atoms with Gasteiger partial charge in [0.05, 0.1) is 22.8 Å². The first-order valence-electron chi connectivity index (χ1n) is 16.0. The maximum Gasteiger partial charge on any atom is 4.00 e. The Morgan fingerprint density at radius 1 is 0.538 bits per heavy atom. The van der Waals surface area contributed by atoms with E-state index in [0.29, 0.717) is 0 Å². The molecule has 4 aliphatic rings. The molecule has 8 rings (SSSR count). The van der Waals surface area contributed by atoms with E-state index in [0.717, 1.165) is 22.8 Å². The summed E-state index contributed by atoms with van der Waals surface area (Å²) in [6.07, 6.45) is 13.0. The maximum absolute atomic E-state index is 4.54. The van der Waals surface area contributed by atoms with Crippen LogP contribution >= 0.6 is 0 Å². The van der Waals surface area contributed by atoms with Crippen LogP contribution in [0.4, 0.5) is 0 Å². The maximum atomic E-state index is 4.54. The Labute approximate surface area is 377 Å². The molecule has 52 heavy (non-hydrogen) atoms. The minimum Gasteiger partial charge on any atom is -1.00 e. The molecule has 0 aromatic heterocycles. The van der Waals surface area contributed by atoms with Crippen molar-refractivity contribution >= 4 is 61.1 Å². The van der Waals surface area contributed by atoms with Crippen molar-refractivity contribution in [1.29, 1.82) is 0 Å². The average Bonchev–Trinajstić information content (AvgIpc) is 3.80. The normalized spacial score (nSPS) is 13.4. The number of hydrogen-bond donors (Lipinski definition) is 0. The zero-order valence-corrected chi connectivity index (χ0v) is 40.9. The zero-order chi connectivity index (χ0) is 32.8. The largest absolute Gasteiger partial charge is 4.00 e. The number of hydrogen-bond acceptors (Lipinski definition) is 2. The summed E-state index contributed by atoms with van der Waals surface area (Å²) in [7, 11) is -0.619. The van der Waals surface area contributed by atoms with Crippen LogP contribution in [-0.2, 0) is 52.4 Å². The predicted octanol–water partition coefficient (Wildman–Crippen LogP) is -1.56. The van der Waals surface area contributed by atoms with Gasteiger partial charge in [-0.15, -0.1) is 81.2 Å². The molecule has 0 unspecified atom stereocenters. The van der Waals surface area contributed by atoms with Crippen LogP contribution in [0, 0.1) is 13.8 Å². The smallest absolute Gasteiger partial charge is 1.00 e. The molecule has 0 spiro atoms. The van der Waals surface area contributed by atoms with Crippen molar-refractivity contribution in [2.24, 2.45) is 9.98 Å². The summed E-state index contributed by atoms with van der Waals surface area (Å²) < 4.78 is 0. The van der Waals surface area contributed by atoms with Gasteiger partial charge in [-0.2, -0.15) is 12.1 Å². The standard InChI is InChI=1S/2C11H13NSi.2C10H9.4ClH.2Zr/c2*1-8-4-9-6-10(7-13(2)3)12-11(9)5-8;2*1-8-6-9-4-2-3-5-10(9)7-8;;;;;;/h2*4-7H,1-3H3;2*2-7H,1H3;4*1H;;/q;;2*-1;;;;;2*+4/p-4. The minimum absolute atomic E-state index is 0. The van der Waals surface area contributed by atoms with E-state index in [1.165, 1.54) is 55.0 Å². The molecule has 10 heteroatoms. The molecule has 4 aromatic carbocycles. The first-order valence-corrected chi connectivity index (χ1v) is 21.1. The van der Waals surface area contributed by atoms with Gasteiger partial charge >= 0.3 is 52.4 Å². The second-order valence-electron chi connectivity index (χ2n) is 12.9. The van der Waals surface area contributed by atoms with Crippen molar-refractivity contribution in [3.63, 3.8) is 0 Å². The molecule has 0 saturated carbocycles. The third kappa shape index (κ3) is 15.3. The van der Waals surface area contributed by atoms with Crippen molar-refractivity contribution in [2.75, 3.05) is 0 Å². The molecule has 2 aliphatic heterocycles. The molecule has 0 fully saturated rings. The Bertz CT molecular complexity index is 1910. The quantitative estimate of drug-likeness (QED) is 0.172. The summed E-state index contributed by atoms with van der Waals surface area (Å²) in [5, 5.41) is 5.39. The fraction of sp³-hybridized carbons (Fsp3) is 0.190. The van der Waals surface area contributed by atoms with Crippen LogP contribution in [0.2, 0.25) is 26.2 Å². The van der Waals surface area contributed by atoms with Crippen molar-refractivity contribution in [3.8, 4) is 0 Å². The second-order valence-corrected chi connectivity index (χ2v) is 17.8. The van der Waals surface area contributed by atoms with E-state index in [9.17, 15) is 0 Å². The van der Waals surface area contributed by atoms with E-state index in [2.05, 4.69) is 184 Å². The molecule has 2 nitrogen and oxygen atoms in total. The van der Waals surface area contributed by atoms with Crippen LogP contribution in [0.1, 0.15) is 25.0 Å². The van der Waals surface area contributed by atoms with Crippen LogP contribution < -0.4 is 49.6 Å². The van der Waals surface area contributed by atoms with Gasteiger partial charge in [-0.1, -0.05) is 63.5 Å². The molecule has 0 N–H and O–H groups in total.